The fraction of sp³-hybridized carbons (Fsp3) is 0.190. The van der Waals surface area contributed by atoms with Gasteiger partial charge in [-0.15, -0.1) is 11.3 Å². The smallest absolute Gasteiger partial charge is 0.255 e. The summed E-state index contributed by atoms with van der Waals surface area (Å²) in [6.45, 7) is 0.493. The Morgan fingerprint density at radius 1 is 1.29 bits per heavy atom. The average Bonchev–Trinajstić information content (AvgIpc) is 3.32. The number of nitrogens with one attached hydrogen (secondary N) is 2. The highest BCUT2D eigenvalue weighted by Crippen LogP contribution is 2.29. The topological polar surface area (TPSA) is 80.3 Å². The quantitative estimate of drug-likeness (QED) is 0.673. The molecule has 2 heterocycles. The maximum atomic E-state index is 12.3. The number of benzene rings is 2. The number of nitrogens with zero attached hydrogens (tertiary/aromatic N) is 1. The second kappa shape index (κ2) is 7.82. The number of para-hydroxylation sites is 1. The van der Waals surface area contributed by atoms with E-state index in [-0.39, 0.29) is 11.8 Å². The van der Waals surface area contributed by atoms with Gasteiger partial charge < -0.3 is 15.4 Å². The third-order valence-electron chi connectivity index (χ3n) is 4.55. The Bertz CT molecular complexity index is 1040. The van der Waals surface area contributed by atoms with Crippen molar-refractivity contribution in [1.29, 1.82) is 0 Å². The van der Waals surface area contributed by atoms with Crippen molar-refractivity contribution in [3.05, 3.63) is 64.0 Å². The molecule has 1 aromatic heterocycles. The van der Waals surface area contributed by atoms with Gasteiger partial charge in [0, 0.05) is 29.6 Å². The van der Waals surface area contributed by atoms with Crippen LogP contribution in [0, 0.1) is 0 Å². The molecule has 0 spiro atoms. The van der Waals surface area contributed by atoms with Gasteiger partial charge in [-0.3, -0.25) is 9.59 Å². The predicted octanol–water partition coefficient (Wildman–Crippen LogP) is 3.29. The maximum absolute atomic E-state index is 12.3. The van der Waals surface area contributed by atoms with Crippen LogP contribution in [0.5, 0.6) is 5.75 Å². The molecule has 2 aromatic carbocycles. The number of aromatic nitrogens is 1. The normalized spacial score (nSPS) is 12.4. The Kier molecular flexibility index (Phi) is 5.08. The summed E-state index contributed by atoms with van der Waals surface area (Å²) in [5.74, 6) is 0.419. The zero-order valence-electron chi connectivity index (χ0n) is 15.3. The van der Waals surface area contributed by atoms with Crippen molar-refractivity contribution in [2.24, 2.45) is 0 Å². The molecule has 0 bridgehead atoms. The first-order valence-electron chi connectivity index (χ1n) is 8.93. The number of hydrogen-bond donors (Lipinski definition) is 2. The summed E-state index contributed by atoms with van der Waals surface area (Å²) in [6.07, 6.45) is 1.06. The van der Waals surface area contributed by atoms with Crippen molar-refractivity contribution in [1.82, 2.24) is 10.3 Å². The van der Waals surface area contributed by atoms with Crippen LogP contribution in [0.1, 0.15) is 20.9 Å². The third kappa shape index (κ3) is 3.75. The van der Waals surface area contributed by atoms with Crippen molar-refractivity contribution in [3.8, 4) is 17.0 Å². The van der Waals surface area contributed by atoms with E-state index in [2.05, 4.69) is 15.6 Å². The number of anilines is 1. The van der Waals surface area contributed by atoms with Crippen molar-refractivity contribution in [2.75, 3.05) is 19.0 Å². The van der Waals surface area contributed by atoms with Crippen molar-refractivity contribution >= 4 is 28.8 Å². The van der Waals surface area contributed by atoms with E-state index in [4.69, 9.17) is 4.74 Å². The minimum absolute atomic E-state index is 0.0249. The molecule has 0 saturated heterocycles. The van der Waals surface area contributed by atoms with Crippen LogP contribution < -0.4 is 15.4 Å². The Balaban J connectivity index is 1.37. The molecule has 2 amide bonds. The van der Waals surface area contributed by atoms with E-state index < -0.39 is 0 Å². The minimum atomic E-state index is -0.162. The van der Waals surface area contributed by atoms with Crippen molar-refractivity contribution in [3.63, 3.8) is 0 Å². The van der Waals surface area contributed by atoms with Gasteiger partial charge >= 0.3 is 0 Å². The predicted molar refractivity (Wildman–Crippen MR) is 109 cm³/mol. The highest BCUT2D eigenvalue weighted by Gasteiger charge is 2.18. The van der Waals surface area contributed by atoms with Gasteiger partial charge in [0.1, 0.15) is 5.75 Å². The molecular weight excluding hydrogens is 374 g/mol. The fourth-order valence-electron chi connectivity index (χ4n) is 3.16. The lowest BCUT2D eigenvalue weighted by atomic mass is 10.1. The molecule has 0 atom stereocenters. The first kappa shape index (κ1) is 18.2. The van der Waals surface area contributed by atoms with Gasteiger partial charge in [0.15, 0.2) is 0 Å². The molecule has 3 aromatic rings. The number of amides is 2. The summed E-state index contributed by atoms with van der Waals surface area (Å²) in [6, 6.07) is 13.0. The number of thiazole rings is 1. The molecule has 28 heavy (non-hydrogen) atoms. The molecule has 0 saturated carbocycles. The summed E-state index contributed by atoms with van der Waals surface area (Å²) < 4.78 is 5.23. The molecule has 142 valence electrons. The van der Waals surface area contributed by atoms with Gasteiger partial charge in [0.2, 0.25) is 5.91 Å². The molecule has 0 aliphatic carbocycles. The number of carbonyl (C=O) groups is 2. The van der Waals surface area contributed by atoms with Crippen LogP contribution >= 0.6 is 11.3 Å². The van der Waals surface area contributed by atoms with E-state index in [9.17, 15) is 9.59 Å². The molecule has 6 nitrogen and oxygen atoms in total. The van der Waals surface area contributed by atoms with Gasteiger partial charge in [-0.2, -0.15) is 0 Å². The Morgan fingerprint density at radius 2 is 2.14 bits per heavy atom. The van der Waals surface area contributed by atoms with Crippen LogP contribution in [0.15, 0.2) is 47.8 Å². The van der Waals surface area contributed by atoms with Crippen LogP contribution in [-0.2, 0) is 17.6 Å². The zero-order valence-corrected chi connectivity index (χ0v) is 16.1. The lowest BCUT2D eigenvalue weighted by molar-refractivity contribution is -0.115. The average molecular weight is 393 g/mol. The van der Waals surface area contributed by atoms with Gasteiger partial charge in [-0.05, 0) is 29.8 Å². The zero-order chi connectivity index (χ0) is 19.5. The SMILES string of the molecule is COc1ccccc1C(=O)NCCc1nc(-c2ccc3c(c2)CC(=O)N3)cs1. The number of ether oxygens (including phenoxy) is 1. The lowest BCUT2D eigenvalue weighted by Crippen LogP contribution is -2.26. The molecule has 2 N–H and O–H groups in total. The molecule has 1 aliphatic heterocycles. The van der Waals surface area contributed by atoms with Crippen molar-refractivity contribution in [2.45, 2.75) is 12.8 Å². The van der Waals surface area contributed by atoms with Crippen LogP contribution in [0.2, 0.25) is 0 Å². The third-order valence-corrected chi connectivity index (χ3v) is 5.46. The van der Waals surface area contributed by atoms with Gasteiger partial charge in [0.05, 0.1) is 29.8 Å². The summed E-state index contributed by atoms with van der Waals surface area (Å²) in [4.78, 5) is 28.5. The highest BCUT2D eigenvalue weighted by atomic mass is 32.1. The van der Waals surface area contributed by atoms with E-state index in [1.165, 1.54) is 0 Å². The maximum Gasteiger partial charge on any atom is 0.255 e. The first-order valence-corrected chi connectivity index (χ1v) is 9.81. The molecule has 7 heteroatoms. The number of fused-ring (bicyclic) bond motifs is 1. The van der Waals surface area contributed by atoms with Crippen molar-refractivity contribution < 1.29 is 14.3 Å². The fourth-order valence-corrected chi connectivity index (χ4v) is 3.96. The summed E-state index contributed by atoms with van der Waals surface area (Å²) in [5.41, 5.74) is 4.28. The van der Waals surface area contributed by atoms with E-state index >= 15 is 0 Å². The summed E-state index contributed by atoms with van der Waals surface area (Å²) >= 11 is 1.56. The van der Waals surface area contributed by atoms with E-state index in [0.29, 0.717) is 30.7 Å². The first-order chi connectivity index (χ1) is 13.6. The van der Waals surface area contributed by atoms with Gasteiger partial charge in [-0.1, -0.05) is 18.2 Å². The van der Waals surface area contributed by atoms with Gasteiger partial charge in [-0.25, -0.2) is 4.98 Å². The Labute approximate surface area is 166 Å². The molecular formula is C21H19N3O3S. The highest BCUT2D eigenvalue weighted by molar-refractivity contribution is 7.09. The molecule has 0 unspecified atom stereocenters. The molecule has 4 rings (SSSR count). The standard InChI is InChI=1S/C21H19N3O3S/c1-27-18-5-3-2-4-15(18)21(26)22-9-8-20-24-17(12-28-20)13-6-7-16-14(10-13)11-19(25)23-16/h2-7,10,12H,8-9,11H2,1H3,(H,22,26)(H,23,25). The number of rotatable bonds is 6. The van der Waals surface area contributed by atoms with Crippen LogP contribution in [-0.4, -0.2) is 30.5 Å². The molecule has 0 radical (unpaired) electrons. The number of methoxy groups -OCH3 is 1. The van der Waals surface area contributed by atoms with Crippen LogP contribution in [0.4, 0.5) is 5.69 Å². The van der Waals surface area contributed by atoms with Crippen LogP contribution in [0.25, 0.3) is 11.3 Å². The Hall–Kier alpha value is -3.19. The minimum Gasteiger partial charge on any atom is -0.496 e. The summed E-state index contributed by atoms with van der Waals surface area (Å²) in [7, 11) is 1.55. The largest absolute Gasteiger partial charge is 0.496 e. The van der Waals surface area contributed by atoms with E-state index in [1.807, 2.05) is 35.7 Å². The van der Waals surface area contributed by atoms with Crippen LogP contribution in [0.3, 0.4) is 0 Å². The Morgan fingerprint density at radius 3 is 3.00 bits per heavy atom. The number of carbonyl (C=O) groups excluding carboxylic acids is 2. The van der Waals surface area contributed by atoms with E-state index in [0.717, 1.165) is 27.5 Å². The molecule has 1 aliphatic rings. The monoisotopic (exact) mass is 393 g/mol. The second-order valence-corrected chi connectivity index (χ2v) is 7.37. The van der Waals surface area contributed by atoms with E-state index in [1.54, 1.807) is 30.6 Å². The van der Waals surface area contributed by atoms with Gasteiger partial charge in [0.25, 0.3) is 5.91 Å². The summed E-state index contributed by atoms with van der Waals surface area (Å²) in [5, 5.41) is 8.70. The molecule has 0 fully saturated rings. The second-order valence-electron chi connectivity index (χ2n) is 6.43. The lowest BCUT2D eigenvalue weighted by Gasteiger charge is -2.08. The number of hydrogen-bond acceptors (Lipinski definition) is 5.